The van der Waals surface area contributed by atoms with E-state index in [1.54, 1.807) is 65.4 Å². The van der Waals surface area contributed by atoms with E-state index >= 15 is 0 Å². The number of benzene rings is 3. The summed E-state index contributed by atoms with van der Waals surface area (Å²) >= 11 is 0. The number of hydrogen-bond acceptors (Lipinski definition) is 5. The van der Waals surface area contributed by atoms with Gasteiger partial charge in [-0.3, -0.25) is 14.4 Å². The fourth-order valence-corrected chi connectivity index (χ4v) is 4.62. The van der Waals surface area contributed by atoms with Crippen LogP contribution in [0.5, 0.6) is 5.75 Å². The predicted octanol–water partition coefficient (Wildman–Crippen LogP) is 5.56. The average Bonchev–Trinajstić information content (AvgIpc) is 2.98. The van der Waals surface area contributed by atoms with Gasteiger partial charge in [0, 0.05) is 25.0 Å². The van der Waals surface area contributed by atoms with Crippen LogP contribution in [0.2, 0.25) is 0 Å². The third kappa shape index (κ3) is 10.1. The van der Waals surface area contributed by atoms with E-state index in [9.17, 15) is 19.2 Å². The molecular formula is C34H42N4O6. The largest absolute Gasteiger partial charge is 0.482 e. The lowest BCUT2D eigenvalue weighted by Crippen LogP contribution is -2.42. The van der Waals surface area contributed by atoms with Crippen LogP contribution < -0.4 is 25.2 Å². The number of amides is 4. The van der Waals surface area contributed by atoms with Gasteiger partial charge in [0.05, 0.1) is 18.7 Å². The molecule has 0 aliphatic carbocycles. The number of para-hydroxylation sites is 2. The van der Waals surface area contributed by atoms with Crippen LogP contribution in [0.1, 0.15) is 43.4 Å². The van der Waals surface area contributed by atoms with Gasteiger partial charge in [0.25, 0.3) is 5.91 Å². The lowest BCUT2D eigenvalue weighted by Gasteiger charge is -2.27. The van der Waals surface area contributed by atoms with Gasteiger partial charge in [-0.25, -0.2) is 4.79 Å². The van der Waals surface area contributed by atoms with Gasteiger partial charge in [-0.15, -0.1) is 0 Å². The smallest absolute Gasteiger partial charge is 0.319 e. The van der Waals surface area contributed by atoms with E-state index in [-0.39, 0.29) is 31.4 Å². The monoisotopic (exact) mass is 602 g/mol. The van der Waals surface area contributed by atoms with Crippen LogP contribution in [-0.4, -0.2) is 55.7 Å². The Bertz CT molecular complexity index is 1450. The first kappa shape index (κ1) is 33.6. The zero-order valence-corrected chi connectivity index (χ0v) is 26.1. The third-order valence-electron chi connectivity index (χ3n) is 7.26. The van der Waals surface area contributed by atoms with Crippen molar-refractivity contribution in [2.24, 2.45) is 5.92 Å². The maximum Gasteiger partial charge on any atom is 0.319 e. The van der Waals surface area contributed by atoms with Crippen molar-refractivity contribution in [2.75, 3.05) is 41.9 Å². The number of anilines is 3. The van der Waals surface area contributed by atoms with E-state index in [2.05, 4.69) is 24.5 Å². The minimum Gasteiger partial charge on any atom is -0.482 e. The Labute approximate surface area is 259 Å². The van der Waals surface area contributed by atoms with Crippen molar-refractivity contribution < 1.29 is 29.0 Å². The topological polar surface area (TPSA) is 128 Å². The molecule has 3 aromatic carbocycles. The van der Waals surface area contributed by atoms with Gasteiger partial charge in [-0.2, -0.15) is 0 Å². The quantitative estimate of drug-likeness (QED) is 0.222. The minimum absolute atomic E-state index is 0.171. The Balaban J connectivity index is 1.71. The molecule has 234 valence electrons. The van der Waals surface area contributed by atoms with Crippen LogP contribution in [0.3, 0.4) is 0 Å². The zero-order valence-electron chi connectivity index (χ0n) is 26.1. The molecule has 3 aromatic rings. The second-order valence-corrected chi connectivity index (χ2v) is 11.0. The Morgan fingerprint density at radius 1 is 0.932 bits per heavy atom. The van der Waals surface area contributed by atoms with Gasteiger partial charge in [0.2, 0.25) is 5.91 Å². The van der Waals surface area contributed by atoms with Crippen LogP contribution in [0.4, 0.5) is 21.9 Å². The Hall–Kier alpha value is -4.86. The van der Waals surface area contributed by atoms with Crippen LogP contribution in [-0.2, 0) is 20.8 Å². The van der Waals surface area contributed by atoms with Crippen molar-refractivity contribution in [2.45, 2.75) is 47.0 Å². The third-order valence-corrected chi connectivity index (χ3v) is 7.26. The Morgan fingerprint density at radius 2 is 1.64 bits per heavy atom. The van der Waals surface area contributed by atoms with Gasteiger partial charge in [0.1, 0.15) is 5.75 Å². The number of likely N-dealkylation sites (N-methyl/N-ethyl adjacent to an activating group) is 1. The molecule has 0 aliphatic heterocycles. The highest BCUT2D eigenvalue weighted by Crippen LogP contribution is 2.29. The fraction of sp³-hybridized carbons (Fsp3) is 0.353. The van der Waals surface area contributed by atoms with Crippen molar-refractivity contribution in [3.63, 3.8) is 0 Å². The number of nitrogens with one attached hydrogen (secondary N) is 2. The van der Waals surface area contributed by atoms with E-state index in [1.165, 1.54) is 0 Å². The first-order chi connectivity index (χ1) is 21.0. The number of aryl methyl sites for hydroxylation is 2. The van der Waals surface area contributed by atoms with Crippen LogP contribution >= 0.6 is 0 Å². The molecule has 4 amide bonds. The molecule has 0 fully saturated rings. The van der Waals surface area contributed by atoms with Gasteiger partial charge in [0.15, 0.2) is 6.61 Å². The van der Waals surface area contributed by atoms with Crippen molar-refractivity contribution in [1.82, 2.24) is 5.32 Å². The number of ether oxygens (including phenoxy) is 1. The van der Waals surface area contributed by atoms with Crippen LogP contribution in [0.15, 0.2) is 66.7 Å². The van der Waals surface area contributed by atoms with Gasteiger partial charge in [-0.1, -0.05) is 50.6 Å². The molecule has 0 saturated heterocycles. The second kappa shape index (κ2) is 16.1. The molecule has 0 heterocycles. The molecule has 0 saturated carbocycles. The standard InChI is InChI=1S/C34H42N4O6/c1-6-23(2)14-15-38(31(39)21-35-34(43)36-27-11-9-10-26(19-27)20-33(41)42)29-12-7-8-13-30(29)44-22-32(40)37(5)28-17-24(3)16-25(4)18-28/h7-13,16-19,23H,6,14-15,20-22H2,1-5H3,(H,41,42)(H2,35,36,43). The van der Waals surface area contributed by atoms with E-state index in [0.29, 0.717) is 35.2 Å². The molecule has 1 unspecified atom stereocenters. The first-order valence-electron chi connectivity index (χ1n) is 14.7. The molecule has 10 nitrogen and oxygen atoms in total. The Morgan fingerprint density at radius 3 is 2.32 bits per heavy atom. The molecule has 3 N–H and O–H groups in total. The van der Waals surface area contributed by atoms with Crippen molar-refractivity contribution >= 4 is 40.9 Å². The zero-order chi connectivity index (χ0) is 32.2. The number of aliphatic carboxylic acids is 1. The molecular weight excluding hydrogens is 560 g/mol. The fourth-order valence-electron chi connectivity index (χ4n) is 4.62. The summed E-state index contributed by atoms with van der Waals surface area (Å²) in [5, 5.41) is 14.3. The van der Waals surface area contributed by atoms with Gasteiger partial charge in [-0.05, 0) is 79.3 Å². The molecule has 3 rings (SSSR count). The summed E-state index contributed by atoms with van der Waals surface area (Å²) in [6.07, 6.45) is 1.50. The highest BCUT2D eigenvalue weighted by molar-refractivity contribution is 5.99. The van der Waals surface area contributed by atoms with Crippen LogP contribution in [0.25, 0.3) is 0 Å². The second-order valence-electron chi connectivity index (χ2n) is 11.0. The summed E-state index contributed by atoms with van der Waals surface area (Å²) in [6.45, 7) is 8.03. The summed E-state index contributed by atoms with van der Waals surface area (Å²) in [4.78, 5) is 53.3. The summed E-state index contributed by atoms with van der Waals surface area (Å²) in [5.41, 5.74) is 4.33. The Kier molecular flexibility index (Phi) is 12.3. The normalized spacial score (nSPS) is 11.3. The number of nitrogens with zero attached hydrogens (tertiary/aromatic N) is 2. The van der Waals surface area contributed by atoms with E-state index in [1.807, 2.05) is 32.0 Å². The number of carboxylic acids is 1. The van der Waals surface area contributed by atoms with E-state index < -0.39 is 12.0 Å². The minimum atomic E-state index is -0.975. The molecule has 1 atom stereocenters. The van der Waals surface area contributed by atoms with Gasteiger partial charge < -0.3 is 30.3 Å². The average molecular weight is 603 g/mol. The van der Waals surface area contributed by atoms with Crippen molar-refractivity contribution in [3.05, 3.63) is 83.4 Å². The molecule has 0 spiro atoms. The number of urea groups is 1. The number of carbonyl (C=O) groups excluding carboxylic acids is 3. The molecule has 0 radical (unpaired) electrons. The summed E-state index contributed by atoms with van der Waals surface area (Å²) in [6, 6.07) is 18.9. The molecule has 10 heteroatoms. The summed E-state index contributed by atoms with van der Waals surface area (Å²) in [7, 11) is 1.70. The number of hydrogen-bond donors (Lipinski definition) is 3. The first-order valence-corrected chi connectivity index (χ1v) is 14.7. The summed E-state index contributed by atoms with van der Waals surface area (Å²) in [5.74, 6) is -0.824. The highest BCUT2D eigenvalue weighted by Gasteiger charge is 2.22. The predicted molar refractivity (Wildman–Crippen MR) is 172 cm³/mol. The SMILES string of the molecule is CCC(C)CCN(C(=O)CNC(=O)Nc1cccc(CC(=O)O)c1)c1ccccc1OCC(=O)N(C)c1cc(C)cc(C)c1. The number of carboxylic acid groups (broad SMARTS) is 1. The van der Waals surface area contributed by atoms with Crippen molar-refractivity contribution in [1.29, 1.82) is 0 Å². The number of rotatable bonds is 14. The van der Waals surface area contributed by atoms with Crippen molar-refractivity contribution in [3.8, 4) is 5.75 Å². The lowest BCUT2D eigenvalue weighted by molar-refractivity contribution is -0.136. The van der Waals surface area contributed by atoms with Gasteiger partial charge >= 0.3 is 12.0 Å². The maximum absolute atomic E-state index is 13.5. The number of carbonyl (C=O) groups is 4. The van der Waals surface area contributed by atoms with E-state index in [0.717, 1.165) is 29.7 Å². The molecule has 44 heavy (non-hydrogen) atoms. The summed E-state index contributed by atoms with van der Waals surface area (Å²) < 4.78 is 5.98. The molecule has 0 aliphatic rings. The van der Waals surface area contributed by atoms with E-state index in [4.69, 9.17) is 9.84 Å². The molecule has 0 bridgehead atoms. The maximum atomic E-state index is 13.5. The van der Waals surface area contributed by atoms with Crippen LogP contribution in [0, 0.1) is 19.8 Å². The lowest BCUT2D eigenvalue weighted by atomic mass is 10.0. The highest BCUT2D eigenvalue weighted by atomic mass is 16.5. The molecule has 0 aromatic heterocycles.